The number of hydrogen-bond donors (Lipinski definition) is 0. The third kappa shape index (κ3) is 2.41. The van der Waals surface area contributed by atoms with Crippen molar-refractivity contribution in [3.8, 4) is 5.75 Å². The Hall–Kier alpha value is -1.88. The van der Waals surface area contributed by atoms with Gasteiger partial charge in [-0.2, -0.15) is 0 Å². The van der Waals surface area contributed by atoms with Crippen molar-refractivity contribution >= 4 is 17.3 Å². The highest BCUT2D eigenvalue weighted by atomic mass is 32.1. The van der Waals surface area contributed by atoms with Gasteiger partial charge in [0.2, 0.25) is 0 Å². The molecule has 20 heavy (non-hydrogen) atoms. The van der Waals surface area contributed by atoms with E-state index in [1.807, 2.05) is 38.1 Å². The van der Waals surface area contributed by atoms with Crippen LogP contribution in [0.5, 0.6) is 5.75 Å². The number of hydrogen-bond acceptors (Lipinski definition) is 5. The van der Waals surface area contributed by atoms with Crippen molar-refractivity contribution in [1.82, 2.24) is 4.98 Å². The molecule has 0 spiro atoms. The highest BCUT2D eigenvalue weighted by molar-refractivity contribution is 7.11. The highest BCUT2D eigenvalue weighted by Gasteiger charge is 2.31. The molecule has 0 amide bonds. The lowest BCUT2D eigenvalue weighted by atomic mass is 10.0. The molecule has 2 aromatic rings. The second kappa shape index (κ2) is 5.25. The number of aryl methyl sites for hydroxylation is 2. The van der Waals surface area contributed by atoms with Crippen LogP contribution in [0.1, 0.15) is 27.1 Å². The van der Waals surface area contributed by atoms with E-state index in [0.717, 1.165) is 26.9 Å². The van der Waals surface area contributed by atoms with E-state index in [4.69, 9.17) is 9.47 Å². The van der Waals surface area contributed by atoms with Gasteiger partial charge in [-0.15, -0.1) is 11.3 Å². The highest BCUT2D eigenvalue weighted by Crippen LogP contribution is 2.34. The van der Waals surface area contributed by atoms with E-state index in [-0.39, 0.29) is 18.5 Å². The molecule has 0 fully saturated rings. The Morgan fingerprint density at radius 2 is 2.25 bits per heavy atom. The average Bonchev–Trinajstić information content (AvgIpc) is 2.99. The average molecular weight is 289 g/mol. The molecule has 1 atom stereocenters. The van der Waals surface area contributed by atoms with Crippen LogP contribution in [-0.4, -0.2) is 17.6 Å². The monoisotopic (exact) mass is 289 g/mol. The molecule has 0 N–H and O–H groups in total. The number of carbonyl (C=O) groups excluding carboxylic acids is 1. The van der Waals surface area contributed by atoms with Gasteiger partial charge in [-0.1, -0.05) is 18.2 Å². The Kier molecular flexibility index (Phi) is 3.44. The van der Waals surface area contributed by atoms with Crippen LogP contribution < -0.4 is 4.74 Å². The summed E-state index contributed by atoms with van der Waals surface area (Å²) in [5, 5.41) is 0.989. The minimum absolute atomic E-state index is 0.236. The van der Waals surface area contributed by atoms with E-state index < -0.39 is 0 Å². The van der Waals surface area contributed by atoms with Crippen molar-refractivity contribution in [1.29, 1.82) is 0 Å². The molecule has 0 aliphatic carbocycles. The quantitative estimate of drug-likeness (QED) is 0.815. The summed E-state index contributed by atoms with van der Waals surface area (Å²) in [6.45, 7) is 4.53. The molecular weight excluding hydrogens is 274 g/mol. The lowest BCUT2D eigenvalue weighted by Crippen LogP contribution is -2.17. The van der Waals surface area contributed by atoms with Gasteiger partial charge in [-0.3, -0.25) is 4.79 Å². The second-order valence-electron chi connectivity index (χ2n) is 4.75. The molecule has 0 bridgehead atoms. The van der Waals surface area contributed by atoms with Gasteiger partial charge in [0, 0.05) is 5.56 Å². The van der Waals surface area contributed by atoms with Gasteiger partial charge >= 0.3 is 5.97 Å². The van der Waals surface area contributed by atoms with Crippen molar-refractivity contribution in [3.63, 3.8) is 0 Å². The van der Waals surface area contributed by atoms with Crippen LogP contribution in [0.25, 0.3) is 0 Å². The molecule has 2 heterocycles. The number of nitrogens with zero attached hydrogens (tertiary/aromatic N) is 1. The standard InChI is InChI=1S/C15H15NO3S/c1-9-14(20-10(2)16-9)8-19-15(17)12-7-18-13-6-4-3-5-11(12)13/h3-6,12H,7-8H2,1-2H3/t12-/m1/s1. The van der Waals surface area contributed by atoms with Gasteiger partial charge in [0.05, 0.1) is 15.6 Å². The van der Waals surface area contributed by atoms with Crippen LogP contribution >= 0.6 is 11.3 Å². The van der Waals surface area contributed by atoms with E-state index in [1.165, 1.54) is 0 Å². The van der Waals surface area contributed by atoms with Crippen LogP contribution in [0.2, 0.25) is 0 Å². The molecule has 3 rings (SSSR count). The first-order valence-corrected chi connectivity index (χ1v) is 7.28. The Morgan fingerprint density at radius 3 is 3.00 bits per heavy atom. The SMILES string of the molecule is Cc1nc(C)c(COC(=O)[C@@H]2COc3ccccc32)s1. The Labute approximate surface area is 121 Å². The van der Waals surface area contributed by atoms with Crippen LogP contribution in [-0.2, 0) is 16.1 Å². The second-order valence-corrected chi connectivity index (χ2v) is 6.04. The molecule has 1 aliphatic rings. The first-order chi connectivity index (χ1) is 9.65. The van der Waals surface area contributed by atoms with Crippen LogP contribution in [0.3, 0.4) is 0 Å². The van der Waals surface area contributed by atoms with Crippen LogP contribution in [0, 0.1) is 13.8 Å². The first kappa shape index (κ1) is 13.1. The lowest BCUT2D eigenvalue weighted by molar-refractivity contribution is -0.146. The van der Waals surface area contributed by atoms with Crippen molar-refractivity contribution in [2.75, 3.05) is 6.61 Å². The summed E-state index contributed by atoms with van der Waals surface area (Å²) in [6, 6.07) is 7.59. The number of benzene rings is 1. The van der Waals surface area contributed by atoms with E-state index in [0.29, 0.717) is 6.61 Å². The van der Waals surface area contributed by atoms with Crippen molar-refractivity contribution < 1.29 is 14.3 Å². The fraction of sp³-hybridized carbons (Fsp3) is 0.333. The fourth-order valence-electron chi connectivity index (χ4n) is 2.30. The normalized spacial score (nSPS) is 16.6. The van der Waals surface area contributed by atoms with E-state index >= 15 is 0 Å². The zero-order valence-electron chi connectivity index (χ0n) is 11.4. The summed E-state index contributed by atoms with van der Waals surface area (Å²) in [5.41, 5.74) is 1.85. The van der Waals surface area contributed by atoms with E-state index in [9.17, 15) is 4.79 Å². The maximum Gasteiger partial charge on any atom is 0.317 e. The first-order valence-electron chi connectivity index (χ1n) is 6.46. The van der Waals surface area contributed by atoms with Crippen LogP contribution in [0.15, 0.2) is 24.3 Å². The van der Waals surface area contributed by atoms with Gasteiger partial charge in [-0.05, 0) is 19.9 Å². The summed E-state index contributed by atoms with van der Waals surface area (Å²) in [5.74, 6) is 0.222. The summed E-state index contributed by atoms with van der Waals surface area (Å²) < 4.78 is 10.9. The Morgan fingerprint density at radius 1 is 1.45 bits per heavy atom. The molecule has 0 saturated carbocycles. The zero-order valence-corrected chi connectivity index (χ0v) is 12.2. The Bertz CT molecular complexity index is 650. The fourth-order valence-corrected chi connectivity index (χ4v) is 3.15. The molecular formula is C15H15NO3S. The number of carbonyl (C=O) groups is 1. The number of para-hydroxylation sites is 1. The molecule has 1 aliphatic heterocycles. The summed E-state index contributed by atoms with van der Waals surface area (Å²) in [7, 11) is 0. The number of aromatic nitrogens is 1. The molecule has 1 aromatic heterocycles. The molecule has 104 valence electrons. The third-order valence-corrected chi connectivity index (χ3v) is 4.38. The minimum atomic E-state index is -0.319. The predicted molar refractivity (Wildman–Crippen MR) is 76.1 cm³/mol. The molecule has 1 aromatic carbocycles. The van der Waals surface area contributed by atoms with Crippen molar-refractivity contribution in [2.24, 2.45) is 0 Å². The lowest BCUT2D eigenvalue weighted by Gasteiger charge is -2.08. The van der Waals surface area contributed by atoms with Crippen LogP contribution in [0.4, 0.5) is 0 Å². The maximum atomic E-state index is 12.2. The number of esters is 1. The topological polar surface area (TPSA) is 48.4 Å². The molecule has 5 heteroatoms. The summed E-state index contributed by atoms with van der Waals surface area (Å²) in [4.78, 5) is 17.5. The molecule has 4 nitrogen and oxygen atoms in total. The number of ether oxygens (including phenoxy) is 2. The van der Waals surface area contributed by atoms with Gasteiger partial charge < -0.3 is 9.47 Å². The predicted octanol–water partition coefficient (Wildman–Crippen LogP) is 2.98. The third-order valence-electron chi connectivity index (χ3n) is 3.33. The number of rotatable bonds is 3. The maximum absolute atomic E-state index is 12.2. The summed E-state index contributed by atoms with van der Waals surface area (Å²) >= 11 is 1.56. The van der Waals surface area contributed by atoms with E-state index in [1.54, 1.807) is 11.3 Å². The number of thiazole rings is 1. The zero-order chi connectivity index (χ0) is 14.1. The smallest absolute Gasteiger partial charge is 0.317 e. The minimum Gasteiger partial charge on any atom is -0.492 e. The molecule has 0 unspecified atom stereocenters. The Balaban J connectivity index is 1.68. The van der Waals surface area contributed by atoms with Gasteiger partial charge in [-0.25, -0.2) is 4.98 Å². The van der Waals surface area contributed by atoms with Gasteiger partial charge in [0.15, 0.2) is 0 Å². The van der Waals surface area contributed by atoms with Crippen molar-refractivity contribution in [3.05, 3.63) is 45.4 Å². The number of fused-ring (bicyclic) bond motifs is 1. The molecule has 0 radical (unpaired) electrons. The van der Waals surface area contributed by atoms with E-state index in [2.05, 4.69) is 4.98 Å². The summed E-state index contributed by atoms with van der Waals surface area (Å²) in [6.07, 6.45) is 0. The largest absolute Gasteiger partial charge is 0.492 e. The molecule has 0 saturated heterocycles. The van der Waals surface area contributed by atoms with Gasteiger partial charge in [0.1, 0.15) is 24.9 Å². The van der Waals surface area contributed by atoms with Crippen molar-refractivity contribution in [2.45, 2.75) is 26.4 Å². The van der Waals surface area contributed by atoms with Gasteiger partial charge in [0.25, 0.3) is 0 Å².